The molecule has 13 heavy (non-hydrogen) atoms. The molecule has 0 amide bonds. The van der Waals surface area contributed by atoms with Crippen LogP contribution in [0.5, 0.6) is 0 Å². The summed E-state index contributed by atoms with van der Waals surface area (Å²) >= 11 is 0. The van der Waals surface area contributed by atoms with Crippen molar-refractivity contribution in [1.29, 1.82) is 0 Å². The Morgan fingerprint density at radius 1 is 1.54 bits per heavy atom. The first kappa shape index (κ1) is 10.3. The fourth-order valence-corrected chi connectivity index (χ4v) is 1.41. The molecule has 1 aliphatic carbocycles. The summed E-state index contributed by atoms with van der Waals surface area (Å²) in [5.41, 5.74) is 0.0287. The summed E-state index contributed by atoms with van der Waals surface area (Å²) in [6.45, 7) is 6.40. The summed E-state index contributed by atoms with van der Waals surface area (Å²) in [4.78, 5) is 0. The van der Waals surface area contributed by atoms with Crippen LogP contribution in [0.1, 0.15) is 27.2 Å². The van der Waals surface area contributed by atoms with Gasteiger partial charge in [-0.2, -0.15) is 0 Å². The topological polar surface area (TPSA) is 9.23 Å². The van der Waals surface area contributed by atoms with E-state index in [-0.39, 0.29) is 11.2 Å². The SMILES string of the molecule is COC1=C(F)C=CC(C)(C(C)C)C1. The van der Waals surface area contributed by atoms with Crippen LogP contribution in [-0.4, -0.2) is 7.11 Å². The second-order valence-electron chi connectivity index (χ2n) is 4.15. The molecule has 1 aliphatic rings. The van der Waals surface area contributed by atoms with Crippen LogP contribution >= 0.6 is 0 Å². The number of rotatable bonds is 2. The van der Waals surface area contributed by atoms with Gasteiger partial charge in [0.25, 0.3) is 0 Å². The zero-order valence-corrected chi connectivity index (χ0v) is 8.73. The van der Waals surface area contributed by atoms with Gasteiger partial charge < -0.3 is 4.74 Å². The average Bonchev–Trinajstić information content (AvgIpc) is 2.09. The minimum absolute atomic E-state index is 0.0287. The van der Waals surface area contributed by atoms with Crippen molar-refractivity contribution < 1.29 is 9.13 Å². The first-order valence-electron chi connectivity index (χ1n) is 4.61. The Labute approximate surface area is 79.3 Å². The zero-order chi connectivity index (χ0) is 10.1. The molecule has 0 aliphatic heterocycles. The van der Waals surface area contributed by atoms with E-state index in [0.717, 1.165) is 0 Å². The highest BCUT2D eigenvalue weighted by Gasteiger charge is 2.31. The minimum Gasteiger partial charge on any atom is -0.498 e. The lowest BCUT2D eigenvalue weighted by molar-refractivity contribution is 0.193. The van der Waals surface area contributed by atoms with Gasteiger partial charge in [-0.05, 0) is 17.4 Å². The standard InChI is InChI=1S/C11H17FO/c1-8(2)11(3)6-5-9(12)10(7-11)13-4/h5-6,8H,7H2,1-4H3. The zero-order valence-electron chi connectivity index (χ0n) is 8.73. The van der Waals surface area contributed by atoms with Crippen LogP contribution in [0, 0.1) is 11.3 Å². The number of allylic oxidation sites excluding steroid dienone is 4. The third-order valence-corrected chi connectivity index (χ3v) is 2.98. The van der Waals surface area contributed by atoms with E-state index in [1.807, 2.05) is 6.08 Å². The molecule has 0 aromatic rings. The van der Waals surface area contributed by atoms with Crippen LogP contribution in [-0.2, 0) is 4.74 Å². The van der Waals surface area contributed by atoms with Crippen LogP contribution in [0.3, 0.4) is 0 Å². The van der Waals surface area contributed by atoms with Crippen LogP contribution in [0.4, 0.5) is 4.39 Å². The van der Waals surface area contributed by atoms with Crippen LogP contribution in [0.25, 0.3) is 0 Å². The molecule has 0 radical (unpaired) electrons. The number of ether oxygens (including phenoxy) is 1. The molecule has 0 heterocycles. The lowest BCUT2D eigenvalue weighted by Crippen LogP contribution is -2.24. The lowest BCUT2D eigenvalue weighted by Gasteiger charge is -2.33. The first-order valence-corrected chi connectivity index (χ1v) is 4.61. The molecule has 1 unspecified atom stereocenters. The first-order chi connectivity index (χ1) is 5.99. The third-order valence-electron chi connectivity index (χ3n) is 2.98. The lowest BCUT2D eigenvalue weighted by atomic mass is 9.74. The summed E-state index contributed by atoms with van der Waals surface area (Å²) in [7, 11) is 1.52. The van der Waals surface area contributed by atoms with Crippen molar-refractivity contribution in [3.05, 3.63) is 23.7 Å². The van der Waals surface area contributed by atoms with Crippen molar-refractivity contribution in [2.75, 3.05) is 7.11 Å². The van der Waals surface area contributed by atoms with Crippen molar-refractivity contribution in [2.45, 2.75) is 27.2 Å². The molecular weight excluding hydrogens is 167 g/mol. The molecule has 1 rings (SSSR count). The predicted molar refractivity (Wildman–Crippen MR) is 51.8 cm³/mol. The Kier molecular flexibility index (Phi) is 2.79. The molecule has 1 atom stereocenters. The van der Waals surface area contributed by atoms with E-state index in [1.165, 1.54) is 13.2 Å². The van der Waals surface area contributed by atoms with E-state index in [1.54, 1.807) is 0 Å². The van der Waals surface area contributed by atoms with E-state index in [2.05, 4.69) is 20.8 Å². The summed E-state index contributed by atoms with van der Waals surface area (Å²) in [6.07, 6.45) is 4.11. The highest BCUT2D eigenvalue weighted by molar-refractivity contribution is 5.25. The van der Waals surface area contributed by atoms with Crippen molar-refractivity contribution in [1.82, 2.24) is 0 Å². The molecule has 0 saturated heterocycles. The second-order valence-corrected chi connectivity index (χ2v) is 4.15. The van der Waals surface area contributed by atoms with Gasteiger partial charge in [0.15, 0.2) is 5.83 Å². The van der Waals surface area contributed by atoms with E-state index in [9.17, 15) is 4.39 Å². The molecule has 0 bridgehead atoms. The average molecular weight is 184 g/mol. The largest absolute Gasteiger partial charge is 0.498 e. The monoisotopic (exact) mass is 184 g/mol. The van der Waals surface area contributed by atoms with Gasteiger partial charge in [-0.1, -0.05) is 26.8 Å². The Balaban J connectivity index is 2.88. The molecule has 0 aromatic carbocycles. The van der Waals surface area contributed by atoms with E-state index >= 15 is 0 Å². The van der Waals surface area contributed by atoms with Crippen LogP contribution in [0.2, 0.25) is 0 Å². The van der Waals surface area contributed by atoms with Gasteiger partial charge in [0.2, 0.25) is 0 Å². The summed E-state index contributed by atoms with van der Waals surface area (Å²) in [5.74, 6) is 0.723. The second kappa shape index (κ2) is 3.52. The fraction of sp³-hybridized carbons (Fsp3) is 0.636. The Bertz CT molecular complexity index is 253. The normalized spacial score (nSPS) is 28.5. The maximum Gasteiger partial charge on any atom is 0.160 e. The van der Waals surface area contributed by atoms with Gasteiger partial charge >= 0.3 is 0 Å². The van der Waals surface area contributed by atoms with Crippen LogP contribution < -0.4 is 0 Å². The number of halogens is 1. The fourth-order valence-electron chi connectivity index (χ4n) is 1.41. The molecule has 0 spiro atoms. The van der Waals surface area contributed by atoms with E-state index < -0.39 is 0 Å². The van der Waals surface area contributed by atoms with Crippen molar-refractivity contribution >= 4 is 0 Å². The third kappa shape index (κ3) is 1.93. The molecule has 74 valence electrons. The van der Waals surface area contributed by atoms with Gasteiger partial charge in [0.05, 0.1) is 7.11 Å². The van der Waals surface area contributed by atoms with Crippen LogP contribution in [0.15, 0.2) is 23.7 Å². The Hall–Kier alpha value is -0.790. The quantitative estimate of drug-likeness (QED) is 0.638. The van der Waals surface area contributed by atoms with Gasteiger partial charge in [0.1, 0.15) is 5.76 Å². The van der Waals surface area contributed by atoms with Gasteiger partial charge in [-0.3, -0.25) is 0 Å². The molecule has 0 N–H and O–H groups in total. The highest BCUT2D eigenvalue weighted by atomic mass is 19.1. The predicted octanol–water partition coefficient (Wildman–Crippen LogP) is 3.44. The molecule has 0 aromatic heterocycles. The number of methoxy groups -OCH3 is 1. The maximum atomic E-state index is 13.1. The number of hydrogen-bond acceptors (Lipinski definition) is 1. The molecule has 1 nitrogen and oxygen atoms in total. The molecule has 0 saturated carbocycles. The smallest absolute Gasteiger partial charge is 0.160 e. The van der Waals surface area contributed by atoms with Gasteiger partial charge in [-0.15, -0.1) is 0 Å². The Morgan fingerprint density at radius 2 is 2.15 bits per heavy atom. The molecule has 0 fully saturated rings. The van der Waals surface area contributed by atoms with E-state index in [4.69, 9.17) is 4.74 Å². The van der Waals surface area contributed by atoms with Crippen molar-refractivity contribution in [3.8, 4) is 0 Å². The summed E-state index contributed by atoms with van der Waals surface area (Å²) in [6, 6.07) is 0. The van der Waals surface area contributed by atoms with Crippen molar-refractivity contribution in [2.24, 2.45) is 11.3 Å². The molecule has 2 heteroatoms. The van der Waals surface area contributed by atoms with E-state index in [0.29, 0.717) is 18.1 Å². The van der Waals surface area contributed by atoms with Crippen molar-refractivity contribution in [3.63, 3.8) is 0 Å². The summed E-state index contributed by atoms with van der Waals surface area (Å²) < 4.78 is 18.1. The Morgan fingerprint density at radius 3 is 2.62 bits per heavy atom. The number of hydrogen-bond donors (Lipinski definition) is 0. The van der Waals surface area contributed by atoms with Gasteiger partial charge in [0, 0.05) is 6.42 Å². The minimum atomic E-state index is -0.236. The van der Waals surface area contributed by atoms with Gasteiger partial charge in [-0.25, -0.2) is 4.39 Å². The maximum absolute atomic E-state index is 13.1. The highest BCUT2D eigenvalue weighted by Crippen LogP contribution is 2.40. The molecular formula is C11H17FO. The summed E-state index contributed by atoms with van der Waals surface area (Å²) in [5, 5.41) is 0.